The Bertz CT molecular complexity index is 1070. The Labute approximate surface area is 128 Å². The van der Waals surface area contributed by atoms with Crippen LogP contribution in [0.3, 0.4) is 0 Å². The number of benzene rings is 3. The Morgan fingerprint density at radius 1 is 0.818 bits per heavy atom. The van der Waals surface area contributed by atoms with Gasteiger partial charge in [-0.3, -0.25) is 0 Å². The molecule has 0 atom stereocenters. The van der Waals surface area contributed by atoms with E-state index in [2.05, 4.69) is 66.7 Å². The van der Waals surface area contributed by atoms with Gasteiger partial charge in [-0.1, -0.05) is 60.7 Å². The average Bonchev–Trinajstić information content (AvgIpc) is 2.61. The van der Waals surface area contributed by atoms with Crippen molar-refractivity contribution in [3.8, 4) is 5.75 Å². The van der Waals surface area contributed by atoms with E-state index in [0.29, 0.717) is 6.61 Å². The van der Waals surface area contributed by atoms with Crippen LogP contribution in [0.1, 0.15) is 5.56 Å². The van der Waals surface area contributed by atoms with Crippen LogP contribution in [-0.4, -0.2) is 6.61 Å². The van der Waals surface area contributed by atoms with Crippen LogP contribution in [0.15, 0.2) is 54.6 Å². The zero-order valence-corrected chi connectivity index (χ0v) is 11.9. The highest BCUT2D eigenvalue weighted by atomic mass is 16.5. The molecular weight excluding hydrogens is 268 g/mol. The third kappa shape index (κ3) is 1.44. The van der Waals surface area contributed by atoms with Gasteiger partial charge in [0.25, 0.3) is 0 Å². The number of fused-ring (bicyclic) bond motifs is 8. The van der Waals surface area contributed by atoms with Gasteiger partial charge < -0.3 is 4.74 Å². The van der Waals surface area contributed by atoms with Gasteiger partial charge in [-0.25, -0.2) is 0 Å². The maximum absolute atomic E-state index is 5.94. The highest BCUT2D eigenvalue weighted by Crippen LogP contribution is 2.41. The van der Waals surface area contributed by atoms with Crippen LogP contribution in [0.5, 0.6) is 5.75 Å². The lowest BCUT2D eigenvalue weighted by Crippen LogP contribution is -2.01. The minimum absolute atomic E-state index is 0.625. The highest BCUT2D eigenvalue weighted by molar-refractivity contribution is 6.23. The molecule has 4 aromatic carbocycles. The van der Waals surface area contributed by atoms with Crippen LogP contribution in [0, 0.1) is 12.1 Å². The van der Waals surface area contributed by atoms with E-state index < -0.39 is 0 Å². The van der Waals surface area contributed by atoms with E-state index in [1.54, 1.807) is 0 Å². The van der Waals surface area contributed by atoms with Crippen molar-refractivity contribution >= 4 is 38.4 Å². The summed E-state index contributed by atoms with van der Waals surface area (Å²) in [5, 5.41) is 7.02. The van der Waals surface area contributed by atoms with Gasteiger partial charge in [0, 0.05) is 27.1 Å². The van der Waals surface area contributed by atoms with Crippen molar-refractivity contribution in [2.45, 2.75) is 0 Å². The smallest absolute Gasteiger partial charge is 0.136 e. The molecule has 102 valence electrons. The van der Waals surface area contributed by atoms with Gasteiger partial charge in [-0.15, -0.1) is 0 Å². The topological polar surface area (TPSA) is 9.23 Å². The van der Waals surface area contributed by atoms with Crippen molar-refractivity contribution in [2.75, 3.05) is 6.61 Å². The molecule has 0 aliphatic carbocycles. The summed E-state index contributed by atoms with van der Waals surface area (Å²) in [5.41, 5.74) is 1.11. The number of rotatable bonds is 0. The molecule has 0 fully saturated rings. The maximum atomic E-state index is 5.94. The Balaban J connectivity index is 2.15. The SMILES string of the molecule is c1c2ccccc2c2c(c#1)c1c(c3ccccc32)OCC=C1. The first-order valence-corrected chi connectivity index (χ1v) is 7.43. The monoisotopic (exact) mass is 280 g/mol. The molecule has 1 heteroatoms. The van der Waals surface area contributed by atoms with Gasteiger partial charge in [0.1, 0.15) is 12.4 Å². The summed E-state index contributed by atoms with van der Waals surface area (Å²) in [7, 11) is 0. The molecule has 22 heavy (non-hydrogen) atoms. The lowest BCUT2D eigenvalue weighted by molar-refractivity contribution is 0.363. The van der Waals surface area contributed by atoms with E-state index in [9.17, 15) is 0 Å². The molecule has 1 aliphatic heterocycles. The molecule has 0 unspecified atom stereocenters. The van der Waals surface area contributed by atoms with Crippen LogP contribution in [0.25, 0.3) is 38.4 Å². The van der Waals surface area contributed by atoms with Crippen molar-refractivity contribution in [3.05, 3.63) is 72.3 Å². The molecule has 0 radical (unpaired) electrons. The fourth-order valence-electron chi connectivity index (χ4n) is 3.39. The van der Waals surface area contributed by atoms with E-state index in [0.717, 1.165) is 22.1 Å². The minimum atomic E-state index is 0.625. The van der Waals surface area contributed by atoms with E-state index in [-0.39, 0.29) is 0 Å². The zero-order valence-electron chi connectivity index (χ0n) is 11.9. The second-order valence-corrected chi connectivity index (χ2v) is 5.55. The molecule has 0 spiro atoms. The first kappa shape index (κ1) is 11.7. The molecule has 5 rings (SSSR count). The molecule has 0 bridgehead atoms. The molecule has 0 aromatic heterocycles. The summed E-state index contributed by atoms with van der Waals surface area (Å²) in [4.78, 5) is 0. The first-order valence-electron chi connectivity index (χ1n) is 7.43. The maximum Gasteiger partial charge on any atom is 0.136 e. The molecule has 0 N–H and O–H groups in total. The Hall–Kier alpha value is -2.98. The minimum Gasteiger partial charge on any atom is -0.488 e. The van der Waals surface area contributed by atoms with Crippen LogP contribution in [0.4, 0.5) is 0 Å². The molecule has 0 saturated heterocycles. The Morgan fingerprint density at radius 3 is 2.50 bits per heavy atom. The second kappa shape index (κ2) is 4.26. The molecular formula is C21H12O. The van der Waals surface area contributed by atoms with Gasteiger partial charge >= 0.3 is 0 Å². The fraction of sp³-hybridized carbons (Fsp3) is 0.0476. The average molecular weight is 280 g/mol. The van der Waals surface area contributed by atoms with Crippen LogP contribution < -0.4 is 4.74 Å². The Kier molecular flexibility index (Phi) is 2.25. The van der Waals surface area contributed by atoms with Crippen molar-refractivity contribution in [1.82, 2.24) is 0 Å². The highest BCUT2D eigenvalue weighted by Gasteiger charge is 2.17. The number of hydrogen-bond acceptors (Lipinski definition) is 1. The molecule has 1 aliphatic rings. The molecule has 0 amide bonds. The largest absolute Gasteiger partial charge is 0.488 e. The summed E-state index contributed by atoms with van der Waals surface area (Å²) in [5.74, 6) is 0.963. The van der Waals surface area contributed by atoms with Crippen molar-refractivity contribution in [3.63, 3.8) is 0 Å². The lowest BCUT2D eigenvalue weighted by atomic mass is 9.93. The molecule has 1 nitrogen and oxygen atoms in total. The number of ether oxygens (including phenoxy) is 1. The third-order valence-corrected chi connectivity index (χ3v) is 4.33. The standard InChI is InChI=1S/C21H12O/c1-2-7-15-14(6-1)11-12-17-19-10-5-13-22-21(19)18-9-4-3-8-16(18)20(15)17/h1-10H,13H2. The predicted octanol–water partition coefficient (Wildman–Crippen LogP) is 5.15. The van der Waals surface area contributed by atoms with Crippen molar-refractivity contribution in [2.24, 2.45) is 0 Å². The lowest BCUT2D eigenvalue weighted by Gasteiger charge is -2.18. The summed E-state index contributed by atoms with van der Waals surface area (Å²) in [6, 6.07) is 23.5. The summed E-state index contributed by atoms with van der Waals surface area (Å²) in [6.45, 7) is 0.625. The van der Waals surface area contributed by atoms with Gasteiger partial charge in [-0.2, -0.15) is 0 Å². The van der Waals surface area contributed by atoms with Crippen LogP contribution >= 0.6 is 0 Å². The summed E-state index contributed by atoms with van der Waals surface area (Å²) < 4.78 is 5.94. The number of hydrogen-bond donors (Lipinski definition) is 0. The van der Waals surface area contributed by atoms with E-state index >= 15 is 0 Å². The van der Waals surface area contributed by atoms with Crippen LogP contribution in [0.2, 0.25) is 0 Å². The van der Waals surface area contributed by atoms with Gasteiger partial charge in [0.2, 0.25) is 0 Å². The Morgan fingerprint density at radius 2 is 1.59 bits per heavy atom. The fourth-order valence-corrected chi connectivity index (χ4v) is 3.39. The molecule has 0 saturated carbocycles. The van der Waals surface area contributed by atoms with Crippen molar-refractivity contribution < 1.29 is 4.74 Å². The summed E-state index contributed by atoms with van der Waals surface area (Å²) in [6.07, 6.45) is 4.20. The van der Waals surface area contributed by atoms with Crippen LogP contribution in [-0.2, 0) is 0 Å². The van der Waals surface area contributed by atoms with E-state index in [4.69, 9.17) is 4.74 Å². The predicted molar refractivity (Wildman–Crippen MR) is 91.2 cm³/mol. The van der Waals surface area contributed by atoms with Gasteiger partial charge in [0.15, 0.2) is 0 Å². The van der Waals surface area contributed by atoms with Gasteiger partial charge in [0.05, 0.1) is 0 Å². The zero-order chi connectivity index (χ0) is 14.5. The third-order valence-electron chi connectivity index (χ3n) is 4.33. The quantitative estimate of drug-likeness (QED) is 0.432. The molecule has 1 heterocycles. The normalized spacial score (nSPS) is 13.1. The second-order valence-electron chi connectivity index (χ2n) is 5.55. The summed E-state index contributed by atoms with van der Waals surface area (Å²) >= 11 is 0. The first-order chi connectivity index (χ1) is 10.9. The van der Waals surface area contributed by atoms with E-state index in [1.165, 1.54) is 21.5 Å². The van der Waals surface area contributed by atoms with Gasteiger partial charge in [-0.05, 0) is 22.9 Å². The van der Waals surface area contributed by atoms with Crippen molar-refractivity contribution in [1.29, 1.82) is 0 Å². The van der Waals surface area contributed by atoms with E-state index in [1.807, 2.05) is 6.07 Å². The molecule has 4 aromatic rings.